The molecular formula is C33H40N2O5. The highest BCUT2D eigenvalue weighted by Gasteiger charge is 2.26. The minimum Gasteiger partial charge on any atom is -0.494 e. The molecule has 0 saturated carbocycles. The van der Waals surface area contributed by atoms with Crippen LogP contribution in [0.3, 0.4) is 0 Å². The number of benzene rings is 3. The van der Waals surface area contributed by atoms with E-state index in [0.29, 0.717) is 36.0 Å². The number of esters is 2. The summed E-state index contributed by atoms with van der Waals surface area (Å²) >= 11 is 0. The van der Waals surface area contributed by atoms with Crippen molar-refractivity contribution in [2.75, 3.05) is 13.2 Å². The Morgan fingerprint density at radius 3 is 2.12 bits per heavy atom. The van der Waals surface area contributed by atoms with Gasteiger partial charge in [0, 0.05) is 0 Å². The summed E-state index contributed by atoms with van der Waals surface area (Å²) in [6.07, 6.45) is 4.38. The van der Waals surface area contributed by atoms with Crippen LogP contribution in [0.4, 0.5) is 11.4 Å². The fourth-order valence-corrected chi connectivity index (χ4v) is 3.69. The van der Waals surface area contributed by atoms with E-state index in [1.807, 2.05) is 45.9 Å². The lowest BCUT2D eigenvalue weighted by atomic mass is 9.91. The van der Waals surface area contributed by atoms with E-state index in [1.165, 1.54) is 5.56 Å². The van der Waals surface area contributed by atoms with Gasteiger partial charge in [-0.25, -0.2) is 4.79 Å². The Labute approximate surface area is 237 Å². The van der Waals surface area contributed by atoms with Gasteiger partial charge in [0.2, 0.25) is 0 Å². The molecule has 0 aliphatic heterocycles. The summed E-state index contributed by atoms with van der Waals surface area (Å²) in [5.74, 6) is 0.509. The van der Waals surface area contributed by atoms with Crippen LogP contribution in [0.1, 0.15) is 74.9 Å². The molecule has 0 aliphatic carbocycles. The number of rotatable bonds is 14. The Morgan fingerprint density at radius 2 is 1.48 bits per heavy atom. The molecule has 0 saturated heterocycles. The summed E-state index contributed by atoms with van der Waals surface area (Å²) in [6, 6.07) is 20.2. The average molecular weight is 545 g/mol. The molecule has 0 bridgehead atoms. The molecule has 40 heavy (non-hydrogen) atoms. The first kappa shape index (κ1) is 30.5. The van der Waals surface area contributed by atoms with Crippen molar-refractivity contribution in [2.24, 2.45) is 15.6 Å². The third kappa shape index (κ3) is 9.33. The molecule has 7 nitrogen and oxygen atoms in total. The Morgan fingerprint density at radius 1 is 0.825 bits per heavy atom. The van der Waals surface area contributed by atoms with Crippen molar-refractivity contribution >= 4 is 23.3 Å². The van der Waals surface area contributed by atoms with Crippen molar-refractivity contribution in [2.45, 2.75) is 66.7 Å². The molecule has 3 aromatic rings. The molecule has 0 atom stereocenters. The maximum Gasteiger partial charge on any atom is 0.343 e. The minimum absolute atomic E-state index is 0.168. The first-order chi connectivity index (χ1) is 19.2. The van der Waals surface area contributed by atoms with E-state index >= 15 is 0 Å². The van der Waals surface area contributed by atoms with Crippen LogP contribution in [-0.2, 0) is 16.0 Å². The number of unbranched alkanes of at least 4 members (excludes halogenated alkanes) is 1. The maximum atomic E-state index is 12.7. The number of carbonyl (C=O) groups is 2. The molecule has 3 aromatic carbocycles. The molecule has 0 aromatic heterocycles. The van der Waals surface area contributed by atoms with Crippen LogP contribution in [0, 0.1) is 12.3 Å². The van der Waals surface area contributed by atoms with Crippen molar-refractivity contribution in [3.8, 4) is 11.5 Å². The molecule has 0 heterocycles. The van der Waals surface area contributed by atoms with E-state index in [2.05, 4.69) is 29.3 Å². The van der Waals surface area contributed by atoms with E-state index < -0.39 is 11.4 Å². The van der Waals surface area contributed by atoms with E-state index in [-0.39, 0.29) is 5.97 Å². The number of hydrogen-bond donors (Lipinski definition) is 0. The van der Waals surface area contributed by atoms with Gasteiger partial charge in [-0.15, -0.1) is 0 Å². The van der Waals surface area contributed by atoms with Gasteiger partial charge in [0.15, 0.2) is 0 Å². The summed E-state index contributed by atoms with van der Waals surface area (Å²) in [5, 5.41) is 8.62. The van der Waals surface area contributed by atoms with Gasteiger partial charge in [-0.3, -0.25) is 4.79 Å². The Kier molecular flexibility index (Phi) is 11.4. The summed E-state index contributed by atoms with van der Waals surface area (Å²) in [4.78, 5) is 24.7. The van der Waals surface area contributed by atoms with Gasteiger partial charge in [0.25, 0.3) is 0 Å². The number of carbonyl (C=O) groups excluding carboxylic acids is 2. The fourth-order valence-electron chi connectivity index (χ4n) is 3.69. The van der Waals surface area contributed by atoms with Gasteiger partial charge in [-0.1, -0.05) is 32.4 Å². The Hall–Kier alpha value is -4.00. The zero-order valence-electron chi connectivity index (χ0n) is 24.2. The summed E-state index contributed by atoms with van der Waals surface area (Å²) in [5.41, 5.74) is 3.51. The SMILES string of the molecule is CCCc1ccc(N=Nc2ccc(OC(=O)c3ccc(OCCCCOC(=O)C(C)(C)CC)cc3)c(C)c2)cc1. The van der Waals surface area contributed by atoms with Gasteiger partial charge in [0.05, 0.1) is 35.6 Å². The van der Waals surface area contributed by atoms with Crippen molar-refractivity contribution in [1.29, 1.82) is 0 Å². The van der Waals surface area contributed by atoms with E-state index in [0.717, 1.165) is 43.4 Å². The van der Waals surface area contributed by atoms with Crippen molar-refractivity contribution in [1.82, 2.24) is 0 Å². The summed E-state index contributed by atoms with van der Waals surface area (Å²) in [6.45, 7) is 10.6. The average Bonchev–Trinajstić information content (AvgIpc) is 2.96. The molecular weight excluding hydrogens is 504 g/mol. The third-order valence-corrected chi connectivity index (χ3v) is 6.68. The van der Waals surface area contributed by atoms with Gasteiger partial charge in [0.1, 0.15) is 11.5 Å². The van der Waals surface area contributed by atoms with Crippen LogP contribution in [0.15, 0.2) is 77.0 Å². The largest absolute Gasteiger partial charge is 0.494 e. The molecule has 7 heteroatoms. The third-order valence-electron chi connectivity index (χ3n) is 6.68. The number of ether oxygens (including phenoxy) is 3. The highest BCUT2D eigenvalue weighted by molar-refractivity contribution is 5.91. The lowest BCUT2D eigenvalue weighted by molar-refractivity contribution is -0.154. The van der Waals surface area contributed by atoms with Gasteiger partial charge in [-0.05, 0) is 112 Å². The second kappa shape index (κ2) is 15.0. The van der Waals surface area contributed by atoms with Crippen LogP contribution in [0.5, 0.6) is 11.5 Å². The molecule has 0 amide bonds. The van der Waals surface area contributed by atoms with Crippen LogP contribution in [-0.4, -0.2) is 25.2 Å². The molecule has 0 fully saturated rings. The molecule has 3 rings (SSSR count). The number of hydrogen-bond acceptors (Lipinski definition) is 7. The Balaban J connectivity index is 1.44. The van der Waals surface area contributed by atoms with Gasteiger partial charge >= 0.3 is 11.9 Å². The molecule has 0 radical (unpaired) electrons. The molecule has 212 valence electrons. The number of aryl methyl sites for hydroxylation is 2. The van der Waals surface area contributed by atoms with Crippen LogP contribution in [0.2, 0.25) is 0 Å². The minimum atomic E-state index is -0.451. The van der Waals surface area contributed by atoms with Crippen molar-refractivity contribution in [3.05, 3.63) is 83.4 Å². The number of azo groups is 1. The zero-order chi connectivity index (χ0) is 29.0. The van der Waals surface area contributed by atoms with Gasteiger partial charge < -0.3 is 14.2 Å². The predicted molar refractivity (Wildman–Crippen MR) is 157 cm³/mol. The first-order valence-electron chi connectivity index (χ1n) is 14.0. The predicted octanol–water partition coefficient (Wildman–Crippen LogP) is 8.72. The van der Waals surface area contributed by atoms with E-state index in [1.54, 1.807) is 36.4 Å². The van der Waals surface area contributed by atoms with Crippen molar-refractivity contribution < 1.29 is 23.8 Å². The lowest BCUT2D eigenvalue weighted by Crippen LogP contribution is -2.26. The standard InChI is InChI=1S/C33H40N2O5/c1-6-10-25-11-15-27(16-12-25)34-35-28-17-20-30(24(3)23-28)40-31(36)26-13-18-29(19-14-26)38-21-8-9-22-39-32(37)33(4,5)7-2/h11-20,23H,6-10,21-22H2,1-5H3. The first-order valence-corrected chi connectivity index (χ1v) is 14.0. The van der Waals surface area contributed by atoms with Gasteiger partial charge in [-0.2, -0.15) is 10.2 Å². The van der Waals surface area contributed by atoms with Crippen LogP contribution in [0.25, 0.3) is 0 Å². The van der Waals surface area contributed by atoms with Crippen LogP contribution >= 0.6 is 0 Å². The second-order valence-electron chi connectivity index (χ2n) is 10.4. The quantitative estimate of drug-likeness (QED) is 0.0876. The van der Waals surface area contributed by atoms with E-state index in [4.69, 9.17) is 14.2 Å². The van der Waals surface area contributed by atoms with Crippen molar-refractivity contribution in [3.63, 3.8) is 0 Å². The second-order valence-corrected chi connectivity index (χ2v) is 10.4. The molecule has 0 spiro atoms. The smallest absolute Gasteiger partial charge is 0.343 e. The highest BCUT2D eigenvalue weighted by atomic mass is 16.5. The summed E-state index contributed by atoms with van der Waals surface area (Å²) < 4.78 is 16.7. The number of nitrogens with zero attached hydrogens (tertiary/aromatic N) is 2. The fraction of sp³-hybridized carbons (Fsp3) is 0.394. The van der Waals surface area contributed by atoms with Crippen LogP contribution < -0.4 is 9.47 Å². The zero-order valence-corrected chi connectivity index (χ0v) is 24.2. The maximum absolute atomic E-state index is 12.7. The monoisotopic (exact) mass is 544 g/mol. The summed E-state index contributed by atoms with van der Waals surface area (Å²) in [7, 11) is 0. The lowest BCUT2D eigenvalue weighted by Gasteiger charge is -2.20. The normalized spacial score (nSPS) is 11.4. The van der Waals surface area contributed by atoms with E-state index in [9.17, 15) is 9.59 Å². The topological polar surface area (TPSA) is 86.6 Å². The molecule has 0 N–H and O–H groups in total. The molecule has 0 unspecified atom stereocenters. The molecule has 0 aliphatic rings. The highest BCUT2D eigenvalue weighted by Crippen LogP contribution is 2.27. The Bertz CT molecular complexity index is 1280.